The number of rotatable bonds is 8. The molecule has 4 aliphatic carbocycles. The van der Waals surface area contributed by atoms with Crippen LogP contribution in [-0.2, 0) is 41.9 Å². The van der Waals surface area contributed by atoms with Gasteiger partial charge in [-0.1, -0.05) is 0 Å². The van der Waals surface area contributed by atoms with Gasteiger partial charge in [0, 0.05) is 0 Å². The zero-order chi connectivity index (χ0) is 33.7. The summed E-state index contributed by atoms with van der Waals surface area (Å²) in [6, 6.07) is 0. The van der Waals surface area contributed by atoms with Crippen LogP contribution in [0.1, 0.15) is 162 Å². The zero-order valence-electron chi connectivity index (χ0n) is 33.2. The molecule has 0 spiro atoms. The molecule has 4 unspecified atom stereocenters. The van der Waals surface area contributed by atoms with E-state index >= 15 is 0 Å². The molecular weight excluding hydrogens is 932 g/mol. The van der Waals surface area contributed by atoms with Gasteiger partial charge in [-0.3, -0.25) is 0 Å². The zero-order valence-corrected chi connectivity index (χ0v) is 42.0. The average Bonchev–Trinajstić information content (AvgIpc) is 3.63. The third-order valence-electron chi connectivity index (χ3n) is 14.3. The second-order valence-corrected chi connectivity index (χ2v) is 40.2. The summed E-state index contributed by atoms with van der Waals surface area (Å²) in [5.74, 6) is 2.89. The first-order valence-electron chi connectivity index (χ1n) is 18.3. The third-order valence-corrected chi connectivity index (χ3v) is 42.4. The van der Waals surface area contributed by atoms with E-state index in [1.54, 1.807) is 44.6 Å². The van der Waals surface area contributed by atoms with E-state index in [9.17, 15) is 0 Å². The fourth-order valence-corrected chi connectivity index (χ4v) is 33.8. The van der Waals surface area contributed by atoms with E-state index in [2.05, 4.69) is 111 Å². The molecule has 46 heavy (non-hydrogen) atoms. The van der Waals surface area contributed by atoms with Crippen LogP contribution >= 0.6 is 24.8 Å². The molecule has 0 saturated carbocycles. The Bertz CT molecular complexity index is 1110. The minimum atomic E-state index is -2.06. The molecule has 4 atom stereocenters. The molecule has 0 amide bonds. The van der Waals surface area contributed by atoms with E-state index in [4.69, 9.17) is 8.52 Å². The van der Waals surface area contributed by atoms with E-state index in [0.717, 1.165) is 23.7 Å². The van der Waals surface area contributed by atoms with Gasteiger partial charge < -0.3 is 0 Å². The predicted molar refractivity (Wildman–Crippen MR) is 209 cm³/mol. The second kappa shape index (κ2) is 16.6. The van der Waals surface area contributed by atoms with Crippen LogP contribution in [-0.4, -0.2) is 8.52 Å². The van der Waals surface area contributed by atoms with Gasteiger partial charge in [-0.05, 0) is 0 Å². The molecule has 0 nitrogen and oxygen atoms in total. The van der Waals surface area contributed by atoms with Crippen LogP contribution in [0, 0.1) is 23.7 Å². The second-order valence-electron chi connectivity index (χ2n) is 17.5. The topological polar surface area (TPSA) is 0 Å². The molecular formula is C42H74Cl2Hf2. The van der Waals surface area contributed by atoms with Crippen molar-refractivity contribution < 1.29 is 41.9 Å². The molecule has 4 heteroatoms. The number of allylic oxidation sites excluding steroid dienone is 8. The summed E-state index contributed by atoms with van der Waals surface area (Å²) >= 11 is -4.12. The Morgan fingerprint density at radius 1 is 0.413 bits per heavy atom. The monoisotopic (exact) mass is 1010 g/mol. The Hall–Kier alpha value is 1.02. The average molecular weight is 1010 g/mol. The van der Waals surface area contributed by atoms with E-state index < -0.39 is 41.9 Å². The Morgan fingerprint density at radius 2 is 0.565 bits per heavy atom. The first-order chi connectivity index (χ1) is 20.1. The van der Waals surface area contributed by atoms with Crippen LogP contribution < -0.4 is 0 Å². The summed E-state index contributed by atoms with van der Waals surface area (Å²) in [5.41, 5.74) is 14.0. The molecule has 0 saturated heterocycles. The van der Waals surface area contributed by atoms with Crippen molar-refractivity contribution in [3.8, 4) is 0 Å². The van der Waals surface area contributed by atoms with Gasteiger partial charge in [-0.15, -0.1) is 24.8 Å². The van der Waals surface area contributed by atoms with Crippen molar-refractivity contribution >= 4 is 33.3 Å². The molecule has 0 radical (unpaired) electrons. The molecule has 0 aromatic rings. The van der Waals surface area contributed by atoms with Crippen molar-refractivity contribution in [1.29, 1.82) is 0 Å². The van der Waals surface area contributed by atoms with Crippen LogP contribution in [0.15, 0.2) is 44.6 Å². The first-order valence-corrected chi connectivity index (χ1v) is 30.6. The van der Waals surface area contributed by atoms with Gasteiger partial charge in [-0.25, -0.2) is 0 Å². The van der Waals surface area contributed by atoms with Crippen molar-refractivity contribution in [3.05, 3.63) is 44.6 Å². The Morgan fingerprint density at radius 3 is 0.674 bits per heavy atom. The molecule has 0 aromatic heterocycles. The van der Waals surface area contributed by atoms with Crippen molar-refractivity contribution in [2.75, 3.05) is 0 Å². The summed E-state index contributed by atoms with van der Waals surface area (Å²) in [7, 11) is 0. The molecule has 4 rings (SSSR count). The van der Waals surface area contributed by atoms with Gasteiger partial charge in [0.1, 0.15) is 0 Å². The maximum atomic E-state index is 4.98. The summed E-state index contributed by atoms with van der Waals surface area (Å²) < 4.78 is 11.9. The van der Waals surface area contributed by atoms with Gasteiger partial charge in [0.25, 0.3) is 0 Å². The standard InChI is InChI=1S/4C10H17.2CH2.2ClH.2Hf/c4*1-7(2)10-6-5-8(3)9(10)4;;;;;;/h4*7H,5-6H2,1-4H3;2*1H2;2*1H;;. The Kier molecular flexibility index (Phi) is 16.2. The Balaban J connectivity index is 0.000000441. The first kappa shape index (κ1) is 45.0. The summed E-state index contributed by atoms with van der Waals surface area (Å²) in [4.78, 5) is 0. The number of hydrogen-bond donors (Lipinski definition) is 0. The summed E-state index contributed by atoms with van der Waals surface area (Å²) in [5, 5.41) is 0. The van der Waals surface area contributed by atoms with Gasteiger partial charge in [0.15, 0.2) is 0 Å². The summed E-state index contributed by atoms with van der Waals surface area (Å²) in [6.45, 7) is 39.1. The fraction of sp³-hybridized carbons (Fsp3) is 0.762. The molecule has 4 aliphatic rings. The van der Waals surface area contributed by atoms with Crippen molar-refractivity contribution in [1.82, 2.24) is 0 Å². The summed E-state index contributed by atoms with van der Waals surface area (Å²) in [6.07, 6.45) is 10.9. The van der Waals surface area contributed by atoms with Crippen LogP contribution in [0.2, 0.25) is 12.7 Å². The molecule has 0 bridgehead atoms. The molecule has 0 aliphatic heterocycles. The quantitative estimate of drug-likeness (QED) is 0.168. The van der Waals surface area contributed by atoms with E-state index in [-0.39, 0.29) is 24.8 Å². The van der Waals surface area contributed by atoms with Crippen LogP contribution in [0.25, 0.3) is 0 Å². The van der Waals surface area contributed by atoms with Gasteiger partial charge >= 0.3 is 294 Å². The van der Waals surface area contributed by atoms with E-state index in [1.165, 1.54) is 51.4 Å². The van der Waals surface area contributed by atoms with E-state index in [0.29, 0.717) is 12.7 Å². The normalized spacial score (nSPS) is 31.4. The van der Waals surface area contributed by atoms with Gasteiger partial charge in [0.05, 0.1) is 0 Å². The van der Waals surface area contributed by atoms with Gasteiger partial charge in [-0.2, -0.15) is 0 Å². The van der Waals surface area contributed by atoms with Crippen molar-refractivity contribution in [2.45, 2.75) is 175 Å². The molecule has 0 aromatic carbocycles. The SMILES string of the molecule is Cl.Cl.[CH2]=[Hf]([C]1(C)CCC(C(C)C)=C1C)[C]1(C)CCC(C(C)C)=C1C.[CH2]=[Hf]([C]1(C)CCC(C(C)C)=C1C)[C]1(C)CCC(C(C)C)=C1C. The van der Waals surface area contributed by atoms with Crippen molar-refractivity contribution in [2.24, 2.45) is 23.7 Å². The van der Waals surface area contributed by atoms with Crippen LogP contribution in [0.3, 0.4) is 0 Å². The molecule has 0 heterocycles. The molecule has 264 valence electrons. The fourth-order valence-electron chi connectivity index (χ4n) is 10.1. The number of halogens is 2. The van der Waals surface area contributed by atoms with Gasteiger partial charge in [0.2, 0.25) is 0 Å². The predicted octanol–water partition coefficient (Wildman–Crippen LogP) is 14.7. The molecule has 0 fully saturated rings. The number of hydrogen-bond acceptors (Lipinski definition) is 0. The minimum absolute atomic E-state index is 0. The maximum absolute atomic E-state index is 4.98. The van der Waals surface area contributed by atoms with Crippen molar-refractivity contribution in [3.63, 3.8) is 0 Å². The van der Waals surface area contributed by atoms with Crippen LogP contribution in [0.4, 0.5) is 0 Å². The van der Waals surface area contributed by atoms with E-state index in [1.807, 2.05) is 0 Å². The van der Waals surface area contributed by atoms with Crippen LogP contribution in [0.5, 0.6) is 0 Å². The Labute approximate surface area is 315 Å². The molecule has 0 N–H and O–H groups in total. The third kappa shape index (κ3) is 7.91.